The molecule has 1 N–H and O–H groups in total. The first-order valence-electron chi connectivity index (χ1n) is 7.25. The van der Waals surface area contributed by atoms with Crippen LogP contribution in [0.15, 0.2) is 48.5 Å². The van der Waals surface area contributed by atoms with E-state index in [0.29, 0.717) is 21.3 Å². The Morgan fingerprint density at radius 2 is 1.84 bits per heavy atom. The summed E-state index contributed by atoms with van der Waals surface area (Å²) in [6.45, 7) is 1.43. The van der Waals surface area contributed by atoms with Crippen LogP contribution < -0.4 is 5.32 Å². The molecule has 2 rings (SSSR count). The van der Waals surface area contributed by atoms with Crippen molar-refractivity contribution in [2.75, 3.05) is 5.32 Å². The molecule has 0 bridgehead atoms. The van der Waals surface area contributed by atoms with Gasteiger partial charge in [0.1, 0.15) is 5.82 Å². The van der Waals surface area contributed by atoms with Gasteiger partial charge in [-0.15, -0.1) is 0 Å². The Balaban J connectivity index is 1.92. The highest BCUT2D eigenvalue weighted by atomic mass is 35.5. The molecule has 2 aromatic carbocycles. The predicted molar refractivity (Wildman–Crippen MR) is 96.1 cm³/mol. The van der Waals surface area contributed by atoms with Crippen molar-refractivity contribution in [2.24, 2.45) is 0 Å². The Hall–Kier alpha value is -2.37. The van der Waals surface area contributed by atoms with E-state index >= 15 is 0 Å². The molecule has 0 aliphatic carbocycles. The number of hydrogen-bond donors (Lipinski definition) is 1. The van der Waals surface area contributed by atoms with Crippen molar-refractivity contribution in [3.63, 3.8) is 0 Å². The summed E-state index contributed by atoms with van der Waals surface area (Å²) in [4.78, 5) is 23.8. The van der Waals surface area contributed by atoms with E-state index in [1.807, 2.05) is 0 Å². The Bertz CT molecular complexity index is 806. The second kappa shape index (κ2) is 8.65. The molecule has 25 heavy (non-hydrogen) atoms. The highest BCUT2D eigenvalue weighted by Gasteiger charge is 2.17. The zero-order valence-electron chi connectivity index (χ0n) is 13.1. The number of benzene rings is 2. The molecule has 4 nitrogen and oxygen atoms in total. The average molecular weight is 382 g/mol. The molecule has 2 aromatic rings. The minimum atomic E-state index is -1.04. The van der Waals surface area contributed by atoms with Crippen LogP contribution in [0.25, 0.3) is 6.08 Å². The molecule has 1 unspecified atom stereocenters. The lowest BCUT2D eigenvalue weighted by Crippen LogP contribution is -2.29. The fraction of sp³-hybridized carbons (Fsp3) is 0.111. The predicted octanol–water partition coefficient (Wildman–Crippen LogP) is 4.72. The monoisotopic (exact) mass is 381 g/mol. The van der Waals surface area contributed by atoms with Crippen molar-refractivity contribution in [3.8, 4) is 0 Å². The van der Waals surface area contributed by atoms with Gasteiger partial charge in [-0.2, -0.15) is 0 Å². The van der Waals surface area contributed by atoms with Gasteiger partial charge in [-0.3, -0.25) is 4.79 Å². The summed E-state index contributed by atoms with van der Waals surface area (Å²) in [5.74, 6) is -1.62. The molecule has 0 aliphatic heterocycles. The van der Waals surface area contributed by atoms with E-state index in [4.69, 9.17) is 27.9 Å². The van der Waals surface area contributed by atoms with Crippen LogP contribution >= 0.6 is 23.2 Å². The van der Waals surface area contributed by atoms with Crippen molar-refractivity contribution in [2.45, 2.75) is 13.0 Å². The van der Waals surface area contributed by atoms with E-state index in [1.165, 1.54) is 43.3 Å². The molecule has 0 fully saturated rings. The molecule has 0 heterocycles. The third-order valence-corrected chi connectivity index (χ3v) is 3.69. The van der Waals surface area contributed by atoms with Crippen molar-refractivity contribution in [1.29, 1.82) is 0 Å². The topological polar surface area (TPSA) is 55.4 Å². The fourth-order valence-electron chi connectivity index (χ4n) is 1.83. The summed E-state index contributed by atoms with van der Waals surface area (Å²) in [7, 11) is 0. The number of carbonyl (C=O) groups is 2. The normalized spacial score (nSPS) is 12.0. The van der Waals surface area contributed by atoms with E-state index in [0.717, 1.165) is 6.08 Å². The average Bonchev–Trinajstić information content (AvgIpc) is 2.57. The van der Waals surface area contributed by atoms with E-state index in [2.05, 4.69) is 5.32 Å². The second-order valence-corrected chi connectivity index (χ2v) is 5.92. The molecule has 0 saturated heterocycles. The van der Waals surface area contributed by atoms with Crippen molar-refractivity contribution >= 4 is 46.8 Å². The summed E-state index contributed by atoms with van der Waals surface area (Å²) in [6.07, 6.45) is 1.57. The third kappa shape index (κ3) is 5.89. The molecule has 0 aromatic heterocycles. The van der Waals surface area contributed by atoms with Gasteiger partial charge in [-0.05, 0) is 48.9 Å². The van der Waals surface area contributed by atoms with Gasteiger partial charge < -0.3 is 10.1 Å². The smallest absolute Gasteiger partial charge is 0.331 e. The molecule has 1 amide bonds. The number of carbonyl (C=O) groups excluding carboxylic acids is 2. The van der Waals surface area contributed by atoms with Crippen LogP contribution in [0.2, 0.25) is 10.0 Å². The number of ether oxygens (including phenoxy) is 1. The van der Waals surface area contributed by atoms with Gasteiger partial charge in [0.05, 0.1) is 10.7 Å². The molecule has 7 heteroatoms. The first-order valence-corrected chi connectivity index (χ1v) is 8.01. The lowest BCUT2D eigenvalue weighted by molar-refractivity contribution is -0.148. The molecule has 0 saturated carbocycles. The van der Waals surface area contributed by atoms with Crippen LogP contribution in [0, 0.1) is 5.82 Å². The quantitative estimate of drug-likeness (QED) is 0.602. The van der Waals surface area contributed by atoms with Crippen LogP contribution in [0.3, 0.4) is 0 Å². The maximum Gasteiger partial charge on any atom is 0.331 e. The molecular weight excluding hydrogens is 368 g/mol. The number of hydrogen-bond acceptors (Lipinski definition) is 3. The number of amides is 1. The summed E-state index contributed by atoms with van der Waals surface area (Å²) in [5.41, 5.74) is 0.949. The summed E-state index contributed by atoms with van der Waals surface area (Å²) >= 11 is 11.8. The van der Waals surface area contributed by atoms with E-state index in [-0.39, 0.29) is 5.82 Å². The zero-order chi connectivity index (χ0) is 18.4. The maximum atomic E-state index is 12.8. The minimum absolute atomic E-state index is 0.312. The van der Waals surface area contributed by atoms with Gasteiger partial charge in [0.15, 0.2) is 6.10 Å². The van der Waals surface area contributed by atoms with Gasteiger partial charge in [-0.25, -0.2) is 9.18 Å². The van der Waals surface area contributed by atoms with E-state index in [1.54, 1.807) is 12.1 Å². The summed E-state index contributed by atoms with van der Waals surface area (Å²) in [6, 6.07) is 10.2. The molecule has 0 radical (unpaired) electrons. The molecular formula is C18H14Cl2FNO3. The summed E-state index contributed by atoms with van der Waals surface area (Å²) < 4.78 is 17.8. The zero-order valence-corrected chi connectivity index (χ0v) is 14.6. The van der Waals surface area contributed by atoms with Gasteiger partial charge in [0.25, 0.3) is 5.91 Å². The number of nitrogens with one attached hydrogen (secondary N) is 1. The number of anilines is 1. The SMILES string of the molecule is CC(OC(=O)/C=C/c1ccc(F)cc1)C(=O)Nc1cc(Cl)ccc1Cl. The van der Waals surface area contributed by atoms with Crippen molar-refractivity contribution in [1.82, 2.24) is 0 Å². The van der Waals surface area contributed by atoms with Gasteiger partial charge in [0.2, 0.25) is 0 Å². The van der Waals surface area contributed by atoms with E-state index < -0.39 is 18.0 Å². The van der Waals surface area contributed by atoms with Gasteiger partial charge in [-0.1, -0.05) is 35.3 Å². The number of rotatable bonds is 5. The lowest BCUT2D eigenvalue weighted by Gasteiger charge is -2.13. The van der Waals surface area contributed by atoms with Gasteiger partial charge in [0, 0.05) is 11.1 Å². The summed E-state index contributed by atoms with van der Waals surface area (Å²) in [5, 5.41) is 3.26. The Morgan fingerprint density at radius 1 is 1.16 bits per heavy atom. The fourth-order valence-corrected chi connectivity index (χ4v) is 2.17. The first-order chi connectivity index (χ1) is 11.8. The highest BCUT2D eigenvalue weighted by Crippen LogP contribution is 2.25. The van der Waals surface area contributed by atoms with Crippen LogP contribution in [0.1, 0.15) is 12.5 Å². The van der Waals surface area contributed by atoms with Crippen LogP contribution in [-0.2, 0) is 14.3 Å². The minimum Gasteiger partial charge on any atom is -0.449 e. The Kier molecular flexibility index (Phi) is 6.56. The maximum absolute atomic E-state index is 12.8. The second-order valence-electron chi connectivity index (χ2n) is 5.08. The van der Waals surface area contributed by atoms with Crippen molar-refractivity contribution < 1.29 is 18.7 Å². The largest absolute Gasteiger partial charge is 0.449 e. The van der Waals surface area contributed by atoms with E-state index in [9.17, 15) is 14.0 Å². The molecule has 0 aliphatic rings. The third-order valence-electron chi connectivity index (χ3n) is 3.13. The Labute approximate surface area is 154 Å². The number of halogens is 3. The first kappa shape index (κ1) is 19.0. The standard InChI is InChI=1S/C18H14Cl2FNO3/c1-11(18(24)22-16-10-13(19)5-8-15(16)20)25-17(23)9-4-12-2-6-14(21)7-3-12/h2-11H,1H3,(H,22,24)/b9-4+. The number of esters is 1. The lowest BCUT2D eigenvalue weighted by atomic mass is 10.2. The Morgan fingerprint density at radius 3 is 2.52 bits per heavy atom. The molecule has 1 atom stereocenters. The van der Waals surface area contributed by atoms with Crippen LogP contribution in [0.4, 0.5) is 10.1 Å². The highest BCUT2D eigenvalue weighted by molar-refractivity contribution is 6.35. The molecule has 0 spiro atoms. The van der Waals surface area contributed by atoms with Gasteiger partial charge >= 0.3 is 5.97 Å². The van der Waals surface area contributed by atoms with Crippen LogP contribution in [0.5, 0.6) is 0 Å². The molecule has 130 valence electrons. The van der Waals surface area contributed by atoms with Crippen molar-refractivity contribution in [3.05, 3.63) is 70.0 Å². The van der Waals surface area contributed by atoms with Crippen LogP contribution in [-0.4, -0.2) is 18.0 Å².